The van der Waals surface area contributed by atoms with E-state index in [1.165, 1.54) is 14.0 Å². The third kappa shape index (κ3) is 3.48. The number of rotatable bonds is 6. The number of nitrogens with one attached hydrogen (secondary N) is 1. The van der Waals surface area contributed by atoms with Crippen LogP contribution >= 0.6 is 0 Å². The minimum absolute atomic E-state index is 0.227. The molecule has 0 amide bonds. The van der Waals surface area contributed by atoms with Crippen molar-refractivity contribution in [2.75, 3.05) is 7.11 Å². The summed E-state index contributed by atoms with van der Waals surface area (Å²) in [6, 6.07) is 1.63. The Kier molecular flexibility index (Phi) is 4.95. The smallest absolute Gasteiger partial charge is 0.316 e. The van der Waals surface area contributed by atoms with Gasteiger partial charge in [-0.15, -0.1) is 5.10 Å². The Morgan fingerprint density at radius 1 is 1.35 bits per heavy atom. The Morgan fingerprint density at radius 3 is 2.65 bits per heavy atom. The maximum atomic E-state index is 13.7. The van der Waals surface area contributed by atoms with Crippen molar-refractivity contribution in [3.63, 3.8) is 0 Å². The molecule has 1 atom stereocenters. The summed E-state index contributed by atoms with van der Waals surface area (Å²) in [7, 11) is -2.86. The molecule has 2 aromatic rings. The highest BCUT2D eigenvalue weighted by atomic mass is 32.2. The van der Waals surface area contributed by atoms with Gasteiger partial charge in [-0.05, 0) is 32.0 Å². The molecule has 7 nitrogen and oxygen atoms in total. The van der Waals surface area contributed by atoms with E-state index in [1.54, 1.807) is 4.57 Å². The molecule has 0 aliphatic rings. The lowest BCUT2D eigenvalue weighted by Gasteiger charge is -2.15. The van der Waals surface area contributed by atoms with Gasteiger partial charge in [-0.2, -0.15) is 0 Å². The molecule has 0 bridgehead atoms. The van der Waals surface area contributed by atoms with Crippen LogP contribution in [0.5, 0.6) is 6.01 Å². The number of nitrogens with zero attached hydrogens (tertiary/aromatic N) is 3. The molecule has 1 aromatic carbocycles. The van der Waals surface area contributed by atoms with Crippen molar-refractivity contribution < 1.29 is 21.9 Å². The van der Waals surface area contributed by atoms with Crippen LogP contribution in [0.15, 0.2) is 23.1 Å². The topological polar surface area (TPSA) is 86.1 Å². The van der Waals surface area contributed by atoms with E-state index in [0.29, 0.717) is 18.4 Å². The lowest BCUT2D eigenvalue weighted by molar-refractivity contribution is 0.354. The van der Waals surface area contributed by atoms with E-state index in [2.05, 4.69) is 14.9 Å². The quantitative estimate of drug-likeness (QED) is 0.859. The fourth-order valence-corrected chi connectivity index (χ4v) is 3.39. The van der Waals surface area contributed by atoms with E-state index in [-0.39, 0.29) is 6.01 Å². The second-order valence-electron chi connectivity index (χ2n) is 4.71. The summed E-state index contributed by atoms with van der Waals surface area (Å²) in [6.07, 6.45) is 0. The van der Waals surface area contributed by atoms with Crippen LogP contribution in [0.4, 0.5) is 8.78 Å². The maximum absolute atomic E-state index is 13.7. The monoisotopic (exact) mass is 346 g/mol. The fourth-order valence-electron chi connectivity index (χ4n) is 2.10. The van der Waals surface area contributed by atoms with Crippen LogP contribution in [0.1, 0.15) is 25.7 Å². The van der Waals surface area contributed by atoms with Crippen molar-refractivity contribution in [1.29, 1.82) is 0 Å². The number of halogens is 2. The van der Waals surface area contributed by atoms with E-state index < -0.39 is 32.6 Å². The molecular formula is C13H16F2N4O3S. The molecule has 0 spiro atoms. The molecule has 1 N–H and O–H groups in total. The zero-order valence-corrected chi connectivity index (χ0v) is 13.6. The molecule has 0 unspecified atom stereocenters. The van der Waals surface area contributed by atoms with Crippen LogP contribution < -0.4 is 9.46 Å². The van der Waals surface area contributed by atoms with E-state index in [0.717, 1.165) is 12.1 Å². The van der Waals surface area contributed by atoms with E-state index in [1.807, 2.05) is 6.92 Å². The summed E-state index contributed by atoms with van der Waals surface area (Å²) in [5, 5.41) is 7.65. The van der Waals surface area contributed by atoms with Crippen LogP contribution in [0, 0.1) is 11.6 Å². The normalized spacial score (nSPS) is 13.1. The Bertz CT molecular complexity index is 808. The number of ether oxygens (including phenoxy) is 1. The maximum Gasteiger partial charge on any atom is 0.316 e. The van der Waals surface area contributed by atoms with Crippen LogP contribution in [-0.4, -0.2) is 30.3 Å². The van der Waals surface area contributed by atoms with E-state index in [9.17, 15) is 17.2 Å². The lowest BCUT2D eigenvalue weighted by atomic mass is 10.3. The summed E-state index contributed by atoms with van der Waals surface area (Å²) in [5.41, 5.74) is 0. The van der Waals surface area contributed by atoms with Gasteiger partial charge in [-0.25, -0.2) is 21.9 Å². The number of aromatic nitrogens is 3. The highest BCUT2D eigenvalue weighted by Gasteiger charge is 2.26. The van der Waals surface area contributed by atoms with E-state index in [4.69, 9.17) is 4.74 Å². The second-order valence-corrected chi connectivity index (χ2v) is 6.39. The second kappa shape index (κ2) is 6.59. The summed E-state index contributed by atoms with van der Waals surface area (Å²) in [5.74, 6) is -1.59. The minimum Gasteiger partial charge on any atom is -0.467 e. The van der Waals surface area contributed by atoms with E-state index >= 15 is 0 Å². The Hall–Kier alpha value is -2.07. The van der Waals surface area contributed by atoms with Crippen molar-refractivity contribution >= 4 is 10.0 Å². The van der Waals surface area contributed by atoms with Gasteiger partial charge in [0.1, 0.15) is 16.5 Å². The minimum atomic E-state index is -4.27. The average molecular weight is 346 g/mol. The molecule has 1 heterocycles. The van der Waals surface area contributed by atoms with Gasteiger partial charge in [0.25, 0.3) is 0 Å². The molecular weight excluding hydrogens is 330 g/mol. The largest absolute Gasteiger partial charge is 0.467 e. The number of hydrogen-bond acceptors (Lipinski definition) is 5. The first kappa shape index (κ1) is 17.3. The first-order valence-electron chi connectivity index (χ1n) is 6.74. The van der Waals surface area contributed by atoms with Crippen LogP contribution in [-0.2, 0) is 16.6 Å². The highest BCUT2D eigenvalue weighted by Crippen LogP contribution is 2.21. The van der Waals surface area contributed by atoms with Gasteiger partial charge in [0.2, 0.25) is 10.0 Å². The van der Waals surface area contributed by atoms with Crippen molar-refractivity contribution in [2.24, 2.45) is 0 Å². The van der Waals surface area contributed by atoms with Gasteiger partial charge < -0.3 is 4.74 Å². The average Bonchev–Trinajstić information content (AvgIpc) is 2.92. The van der Waals surface area contributed by atoms with Crippen LogP contribution in [0.3, 0.4) is 0 Å². The van der Waals surface area contributed by atoms with Crippen molar-refractivity contribution in [1.82, 2.24) is 19.5 Å². The molecule has 0 aliphatic carbocycles. The SMILES string of the molecule is CCn1c(OC)nnc1[C@@H](C)NS(=O)(=O)c1cc(F)ccc1F. The molecule has 126 valence electrons. The predicted molar refractivity (Wildman–Crippen MR) is 77.3 cm³/mol. The predicted octanol–water partition coefficient (Wildman–Crippen LogP) is 1.62. The molecule has 0 fully saturated rings. The molecule has 0 saturated carbocycles. The van der Waals surface area contributed by atoms with Gasteiger partial charge in [0.15, 0.2) is 5.82 Å². The Balaban J connectivity index is 2.34. The first-order valence-corrected chi connectivity index (χ1v) is 8.23. The zero-order chi connectivity index (χ0) is 17.2. The number of hydrogen-bond donors (Lipinski definition) is 1. The lowest BCUT2D eigenvalue weighted by Crippen LogP contribution is -2.29. The van der Waals surface area contributed by atoms with Crippen LogP contribution in [0.2, 0.25) is 0 Å². The van der Waals surface area contributed by atoms with Crippen LogP contribution in [0.25, 0.3) is 0 Å². The van der Waals surface area contributed by atoms with Crippen molar-refractivity contribution in [3.8, 4) is 6.01 Å². The molecule has 0 radical (unpaired) electrons. The van der Waals surface area contributed by atoms with Gasteiger partial charge in [-0.3, -0.25) is 4.57 Å². The fraction of sp³-hybridized carbons (Fsp3) is 0.385. The summed E-state index contributed by atoms with van der Waals surface area (Å²) in [4.78, 5) is -0.765. The molecule has 2 rings (SSSR count). The van der Waals surface area contributed by atoms with Gasteiger partial charge in [0.05, 0.1) is 13.2 Å². The molecule has 23 heavy (non-hydrogen) atoms. The highest BCUT2D eigenvalue weighted by molar-refractivity contribution is 7.89. The third-order valence-electron chi connectivity index (χ3n) is 3.15. The van der Waals surface area contributed by atoms with Crippen molar-refractivity contribution in [3.05, 3.63) is 35.7 Å². The molecule has 1 aromatic heterocycles. The van der Waals surface area contributed by atoms with Gasteiger partial charge in [-0.1, -0.05) is 5.10 Å². The molecule has 10 heteroatoms. The number of benzene rings is 1. The summed E-state index contributed by atoms with van der Waals surface area (Å²) < 4.78 is 60.2. The van der Waals surface area contributed by atoms with Gasteiger partial charge in [0, 0.05) is 6.54 Å². The summed E-state index contributed by atoms with van der Waals surface area (Å²) in [6.45, 7) is 3.78. The van der Waals surface area contributed by atoms with Gasteiger partial charge >= 0.3 is 6.01 Å². The Labute approximate surface area is 132 Å². The Morgan fingerprint density at radius 2 is 2.04 bits per heavy atom. The first-order chi connectivity index (χ1) is 10.8. The number of sulfonamides is 1. The zero-order valence-electron chi connectivity index (χ0n) is 12.7. The molecule has 0 saturated heterocycles. The standard InChI is InChI=1S/C13H16F2N4O3S/c1-4-19-12(16-17-13(19)22-3)8(2)18-23(20,21)11-7-9(14)5-6-10(11)15/h5-8,18H,4H2,1-3H3/t8-/m1/s1. The van der Waals surface area contributed by atoms with Crippen molar-refractivity contribution in [2.45, 2.75) is 31.3 Å². The number of methoxy groups -OCH3 is 1. The third-order valence-corrected chi connectivity index (χ3v) is 4.70. The molecule has 0 aliphatic heterocycles. The summed E-state index contributed by atoms with van der Waals surface area (Å²) >= 11 is 0.